The number of carboxylic acids is 1. The van der Waals surface area contributed by atoms with Crippen molar-refractivity contribution >= 4 is 27.6 Å². The summed E-state index contributed by atoms with van der Waals surface area (Å²) in [5.74, 6) is -1.70. The number of carboxylic acid groups (broad SMARTS) is 1. The van der Waals surface area contributed by atoms with Gasteiger partial charge in [-0.05, 0) is 73.2 Å². The summed E-state index contributed by atoms with van der Waals surface area (Å²) in [6.07, 6.45) is -0.105. The number of carbonyl (C=O) groups is 1. The summed E-state index contributed by atoms with van der Waals surface area (Å²) in [4.78, 5) is 11.3. The van der Waals surface area contributed by atoms with Crippen LogP contribution in [0.15, 0.2) is 71.2 Å². The van der Waals surface area contributed by atoms with Crippen molar-refractivity contribution in [3.63, 3.8) is 0 Å². The van der Waals surface area contributed by atoms with E-state index >= 15 is 0 Å². The Morgan fingerprint density at radius 3 is 2.46 bits per heavy atom. The second kappa shape index (κ2) is 12.5. The van der Waals surface area contributed by atoms with Crippen LogP contribution in [0.3, 0.4) is 0 Å². The number of nitrogens with one attached hydrogen (secondary N) is 1. The van der Waals surface area contributed by atoms with Gasteiger partial charge in [-0.3, -0.25) is 4.79 Å². The predicted octanol–water partition coefficient (Wildman–Crippen LogP) is 7.77. The van der Waals surface area contributed by atoms with Crippen LogP contribution in [-0.2, 0) is 17.8 Å². The molecule has 8 heteroatoms. The van der Waals surface area contributed by atoms with Gasteiger partial charge >= 0.3 is 5.97 Å². The third-order valence-electron chi connectivity index (χ3n) is 5.57. The quantitative estimate of drug-likeness (QED) is 0.227. The van der Waals surface area contributed by atoms with E-state index in [-0.39, 0.29) is 18.6 Å². The Balaban J connectivity index is 0.00000186. The molecule has 0 spiro atoms. The predicted molar refractivity (Wildman–Crippen MR) is 147 cm³/mol. The van der Waals surface area contributed by atoms with E-state index in [0.717, 1.165) is 38.9 Å². The van der Waals surface area contributed by atoms with Gasteiger partial charge in [0.05, 0.1) is 12.1 Å². The molecule has 0 fully saturated rings. The summed E-state index contributed by atoms with van der Waals surface area (Å²) in [6, 6.07) is 18.4. The smallest absolute Gasteiger partial charge is 0.307 e. The van der Waals surface area contributed by atoms with Gasteiger partial charge in [-0.1, -0.05) is 29.8 Å². The van der Waals surface area contributed by atoms with Gasteiger partial charge in [0.1, 0.15) is 24.0 Å². The molecule has 0 saturated carbocycles. The van der Waals surface area contributed by atoms with Crippen LogP contribution in [0.5, 0.6) is 5.75 Å². The van der Waals surface area contributed by atoms with Crippen molar-refractivity contribution in [2.75, 3.05) is 12.4 Å². The third-order valence-corrected chi connectivity index (χ3v) is 6.06. The number of nitrogens with zero attached hydrogens (tertiary/aromatic N) is 1. The van der Waals surface area contributed by atoms with E-state index in [1.165, 1.54) is 12.1 Å². The van der Waals surface area contributed by atoms with Gasteiger partial charge < -0.3 is 19.7 Å². The van der Waals surface area contributed by atoms with E-state index in [9.17, 15) is 18.7 Å². The summed E-state index contributed by atoms with van der Waals surface area (Å²) in [7, 11) is 1.78. The van der Waals surface area contributed by atoms with E-state index in [1.54, 1.807) is 19.2 Å². The maximum Gasteiger partial charge on any atom is 0.307 e. The van der Waals surface area contributed by atoms with Crippen molar-refractivity contribution in [1.82, 2.24) is 4.57 Å². The van der Waals surface area contributed by atoms with E-state index in [0.29, 0.717) is 11.3 Å². The second-order valence-electron chi connectivity index (χ2n) is 8.07. The van der Waals surface area contributed by atoms with Crippen molar-refractivity contribution < 1.29 is 23.4 Å². The maximum absolute atomic E-state index is 14.1. The molecule has 0 atom stereocenters. The summed E-state index contributed by atoms with van der Waals surface area (Å²) < 4.78 is 36.3. The maximum atomic E-state index is 14.1. The Hall–Kier alpha value is -3.65. The van der Waals surface area contributed by atoms with Crippen LogP contribution in [0, 0.1) is 18.6 Å². The highest BCUT2D eigenvalue weighted by Gasteiger charge is 2.17. The number of hydrogen-bond acceptors (Lipinski definition) is 3. The molecule has 4 aromatic rings. The first-order valence-corrected chi connectivity index (χ1v) is 12.6. The van der Waals surface area contributed by atoms with Gasteiger partial charge in [0, 0.05) is 45.8 Å². The number of benzene rings is 3. The lowest BCUT2D eigenvalue weighted by molar-refractivity contribution is -0.136. The minimum absolute atomic E-state index is 0.0710. The highest BCUT2D eigenvalue weighted by molar-refractivity contribution is 9.10. The van der Waals surface area contributed by atoms with E-state index < -0.39 is 17.6 Å². The van der Waals surface area contributed by atoms with Crippen LogP contribution < -0.4 is 10.1 Å². The van der Waals surface area contributed by atoms with Crippen molar-refractivity contribution in [3.8, 4) is 22.7 Å². The van der Waals surface area contributed by atoms with Gasteiger partial charge in [-0.25, -0.2) is 8.78 Å². The molecule has 2 N–H and O–H groups in total. The lowest BCUT2D eigenvalue weighted by Crippen LogP contribution is -2.06. The zero-order chi connectivity index (χ0) is 27.1. The molecule has 37 heavy (non-hydrogen) atoms. The lowest BCUT2D eigenvalue weighted by atomic mass is 10.1. The van der Waals surface area contributed by atoms with Crippen LogP contribution in [0.1, 0.15) is 30.7 Å². The summed E-state index contributed by atoms with van der Waals surface area (Å²) in [5.41, 5.74) is 4.99. The Morgan fingerprint density at radius 1 is 1.03 bits per heavy atom. The Bertz CT molecular complexity index is 1400. The first-order chi connectivity index (χ1) is 17.7. The topological polar surface area (TPSA) is 63.5 Å². The number of ether oxygens (including phenoxy) is 1. The molecule has 0 radical (unpaired) electrons. The number of aliphatic carboxylic acids is 1. The second-order valence-corrected chi connectivity index (χ2v) is 8.98. The SMILES string of the molecule is CC.CNc1cc(CC(=O)O)cc(-n2c(C)ccc2-c2cc(Br)ccc2OCc2ccc(F)cc2F)c1. The zero-order valence-corrected chi connectivity index (χ0v) is 22.7. The fourth-order valence-corrected chi connectivity index (χ4v) is 4.30. The molecule has 4 rings (SSSR count). The summed E-state index contributed by atoms with van der Waals surface area (Å²) >= 11 is 3.52. The molecular formula is C29H29BrF2N2O3. The van der Waals surface area contributed by atoms with Gasteiger partial charge in [-0.15, -0.1) is 0 Å². The molecule has 1 heterocycles. The zero-order valence-electron chi connectivity index (χ0n) is 21.1. The van der Waals surface area contributed by atoms with E-state index in [4.69, 9.17) is 4.74 Å². The standard InChI is InChI=1S/C27H23BrF2N2O3.C2H6/c1-16-3-7-25(32(16)22-10-17(11-27(33)34)9-21(14-22)31-2)23-12-19(28)5-8-26(23)35-15-18-4-6-20(29)13-24(18)30;1-2/h3-10,12-14,31H,11,15H2,1-2H3,(H,33,34);1-2H3. The lowest BCUT2D eigenvalue weighted by Gasteiger charge is -2.18. The number of hydrogen-bond donors (Lipinski definition) is 2. The van der Waals surface area contributed by atoms with Crippen LogP contribution >= 0.6 is 15.9 Å². The fourth-order valence-electron chi connectivity index (χ4n) is 3.94. The first kappa shape index (κ1) is 27.9. The third kappa shape index (κ3) is 6.77. The van der Waals surface area contributed by atoms with E-state index in [2.05, 4.69) is 21.2 Å². The van der Waals surface area contributed by atoms with Crippen molar-refractivity contribution in [2.24, 2.45) is 0 Å². The number of halogens is 3. The number of aromatic nitrogens is 1. The van der Waals surface area contributed by atoms with Gasteiger partial charge in [0.2, 0.25) is 0 Å². The van der Waals surface area contributed by atoms with Gasteiger partial charge in [0.15, 0.2) is 0 Å². The normalized spacial score (nSPS) is 10.5. The van der Waals surface area contributed by atoms with Crippen LogP contribution in [0.2, 0.25) is 0 Å². The minimum atomic E-state index is -0.913. The largest absolute Gasteiger partial charge is 0.488 e. The molecule has 0 bridgehead atoms. The van der Waals surface area contributed by atoms with Gasteiger partial charge in [0.25, 0.3) is 0 Å². The van der Waals surface area contributed by atoms with Crippen molar-refractivity contribution in [3.05, 3.63) is 99.7 Å². The Kier molecular flexibility index (Phi) is 9.47. The van der Waals surface area contributed by atoms with E-state index in [1.807, 2.05) is 61.7 Å². The molecule has 0 saturated heterocycles. The molecular weight excluding hydrogens is 542 g/mol. The molecule has 0 unspecified atom stereocenters. The number of rotatable bonds is 8. The van der Waals surface area contributed by atoms with Crippen LogP contribution in [-0.4, -0.2) is 22.7 Å². The monoisotopic (exact) mass is 570 g/mol. The Morgan fingerprint density at radius 2 is 1.78 bits per heavy atom. The van der Waals surface area contributed by atoms with Crippen molar-refractivity contribution in [1.29, 1.82) is 0 Å². The molecule has 194 valence electrons. The van der Waals surface area contributed by atoms with Crippen LogP contribution in [0.25, 0.3) is 16.9 Å². The molecule has 1 aromatic heterocycles. The molecule has 0 aliphatic heterocycles. The molecule has 0 aliphatic carbocycles. The molecule has 3 aromatic carbocycles. The minimum Gasteiger partial charge on any atom is -0.488 e. The average molecular weight is 571 g/mol. The highest BCUT2D eigenvalue weighted by Crippen LogP contribution is 2.37. The molecule has 0 amide bonds. The highest BCUT2D eigenvalue weighted by atomic mass is 79.9. The first-order valence-electron chi connectivity index (χ1n) is 11.8. The van der Waals surface area contributed by atoms with Gasteiger partial charge in [-0.2, -0.15) is 0 Å². The molecule has 5 nitrogen and oxygen atoms in total. The number of anilines is 1. The fraction of sp³-hybridized carbons (Fsp3) is 0.207. The van der Waals surface area contributed by atoms with Crippen molar-refractivity contribution in [2.45, 2.75) is 33.8 Å². The Labute approximate surface area is 223 Å². The molecule has 0 aliphatic rings. The van der Waals surface area contributed by atoms with Crippen LogP contribution in [0.4, 0.5) is 14.5 Å². The summed E-state index contributed by atoms with van der Waals surface area (Å²) in [6.45, 7) is 5.89. The number of aryl methyl sites for hydroxylation is 1. The average Bonchev–Trinajstić information content (AvgIpc) is 3.25. The summed E-state index contributed by atoms with van der Waals surface area (Å²) in [5, 5.41) is 12.4.